The van der Waals surface area contributed by atoms with E-state index in [2.05, 4.69) is 15.5 Å². The minimum Gasteiger partial charge on any atom is -0.497 e. The van der Waals surface area contributed by atoms with Gasteiger partial charge in [0.2, 0.25) is 6.29 Å². The molecule has 2 bridgehead atoms. The zero-order valence-corrected chi connectivity index (χ0v) is 11.9. The lowest BCUT2D eigenvalue weighted by molar-refractivity contribution is -0.156. The molecule has 114 valence electrons. The zero-order valence-electron chi connectivity index (χ0n) is 11.9. The highest BCUT2D eigenvalue weighted by atomic mass is 16.7. The first-order chi connectivity index (χ1) is 10.8. The van der Waals surface area contributed by atoms with E-state index in [1.807, 2.05) is 24.3 Å². The predicted octanol–water partition coefficient (Wildman–Crippen LogP) is 0.604. The van der Waals surface area contributed by atoms with Crippen molar-refractivity contribution in [2.75, 3.05) is 13.7 Å². The maximum absolute atomic E-state index is 11.9. The van der Waals surface area contributed by atoms with Gasteiger partial charge in [-0.25, -0.2) is 4.68 Å². The van der Waals surface area contributed by atoms with Crippen LogP contribution < -0.4 is 4.74 Å². The average Bonchev–Trinajstić information content (AvgIpc) is 3.20. The Labute approximate surface area is 126 Å². The molecule has 0 unspecified atom stereocenters. The van der Waals surface area contributed by atoms with Gasteiger partial charge in [0.05, 0.1) is 19.8 Å². The highest BCUT2D eigenvalue weighted by Crippen LogP contribution is 2.34. The Hall–Kier alpha value is -2.32. The molecule has 2 aliphatic rings. The van der Waals surface area contributed by atoms with Gasteiger partial charge in [0.25, 0.3) is 0 Å². The number of ether oxygens (including phenoxy) is 3. The fraction of sp³-hybridized carbons (Fsp3) is 0.429. The van der Waals surface area contributed by atoms with Crippen LogP contribution in [0, 0.1) is 0 Å². The van der Waals surface area contributed by atoms with Gasteiger partial charge in [0, 0.05) is 12.0 Å². The number of fused-ring (bicyclic) bond motifs is 2. The third kappa shape index (κ3) is 2.08. The van der Waals surface area contributed by atoms with Gasteiger partial charge in [-0.2, -0.15) is 0 Å². The number of carbonyl (C=O) groups is 1. The van der Waals surface area contributed by atoms with Crippen molar-refractivity contribution in [2.45, 2.75) is 24.9 Å². The van der Waals surface area contributed by atoms with Gasteiger partial charge >= 0.3 is 0 Å². The molecule has 0 aliphatic carbocycles. The third-order valence-corrected chi connectivity index (χ3v) is 3.97. The minimum atomic E-state index is -0.720. The first-order valence-corrected chi connectivity index (χ1v) is 6.98. The highest BCUT2D eigenvalue weighted by molar-refractivity contribution is 5.83. The molecule has 1 aromatic carbocycles. The number of Topliss-reactive ketones (excluding diaryl/α,β-unsaturated/α-hetero) is 1. The van der Waals surface area contributed by atoms with Crippen molar-refractivity contribution in [1.82, 2.24) is 20.2 Å². The molecule has 4 rings (SSSR count). The zero-order chi connectivity index (χ0) is 15.1. The molecule has 8 heteroatoms. The van der Waals surface area contributed by atoms with Gasteiger partial charge in [0.1, 0.15) is 11.9 Å². The van der Waals surface area contributed by atoms with Crippen molar-refractivity contribution in [3.05, 3.63) is 24.3 Å². The Morgan fingerprint density at radius 3 is 2.91 bits per heavy atom. The first kappa shape index (κ1) is 13.4. The van der Waals surface area contributed by atoms with Crippen LogP contribution in [-0.4, -0.2) is 52.1 Å². The van der Waals surface area contributed by atoms with Gasteiger partial charge in [-0.15, -0.1) is 5.10 Å². The Morgan fingerprint density at radius 1 is 1.32 bits per heavy atom. The normalized spacial score (nSPS) is 27.1. The molecule has 2 fully saturated rings. The molecule has 0 amide bonds. The number of aromatic nitrogens is 4. The van der Waals surface area contributed by atoms with Crippen LogP contribution in [0.25, 0.3) is 11.4 Å². The van der Waals surface area contributed by atoms with Crippen molar-refractivity contribution in [1.29, 1.82) is 0 Å². The predicted molar refractivity (Wildman–Crippen MR) is 73.1 cm³/mol. The lowest BCUT2D eigenvalue weighted by Crippen LogP contribution is -2.37. The number of hydrogen-bond donors (Lipinski definition) is 0. The van der Waals surface area contributed by atoms with E-state index in [1.165, 1.54) is 0 Å². The van der Waals surface area contributed by atoms with Crippen molar-refractivity contribution in [3.63, 3.8) is 0 Å². The van der Waals surface area contributed by atoms with Gasteiger partial charge < -0.3 is 14.2 Å². The molecule has 2 aliphatic heterocycles. The summed E-state index contributed by atoms with van der Waals surface area (Å²) in [6, 6.07) is 7.18. The van der Waals surface area contributed by atoms with E-state index in [1.54, 1.807) is 11.8 Å². The molecule has 3 heterocycles. The second-order valence-corrected chi connectivity index (χ2v) is 5.25. The number of hydrogen-bond acceptors (Lipinski definition) is 7. The average molecular weight is 302 g/mol. The van der Waals surface area contributed by atoms with Crippen LogP contribution in [0.3, 0.4) is 0 Å². The van der Waals surface area contributed by atoms with Crippen LogP contribution in [0.5, 0.6) is 5.75 Å². The summed E-state index contributed by atoms with van der Waals surface area (Å²) in [5.74, 6) is 1.27. The van der Waals surface area contributed by atoms with E-state index >= 15 is 0 Å². The molecule has 0 spiro atoms. The van der Waals surface area contributed by atoms with E-state index < -0.39 is 6.29 Å². The second kappa shape index (κ2) is 5.15. The smallest absolute Gasteiger partial charge is 0.218 e. The summed E-state index contributed by atoms with van der Waals surface area (Å²) in [4.78, 5) is 11.9. The Morgan fingerprint density at radius 2 is 2.14 bits per heavy atom. The Bertz CT molecular complexity index is 699. The molecule has 0 N–H and O–H groups in total. The van der Waals surface area contributed by atoms with Crippen LogP contribution in [0.2, 0.25) is 0 Å². The minimum absolute atomic E-state index is 0.0741. The molecular weight excluding hydrogens is 288 g/mol. The van der Waals surface area contributed by atoms with Crippen LogP contribution in [0.4, 0.5) is 0 Å². The Kier molecular flexibility index (Phi) is 3.12. The molecule has 2 saturated heterocycles. The number of nitrogens with zero attached hydrogens (tertiary/aromatic N) is 4. The fourth-order valence-electron chi connectivity index (χ4n) is 2.82. The molecule has 0 radical (unpaired) electrons. The molecule has 0 saturated carbocycles. The third-order valence-electron chi connectivity index (χ3n) is 3.97. The first-order valence-electron chi connectivity index (χ1n) is 6.98. The molecule has 2 aromatic rings. The summed E-state index contributed by atoms with van der Waals surface area (Å²) < 4.78 is 17.7. The van der Waals surface area contributed by atoms with E-state index in [0.29, 0.717) is 18.9 Å². The number of benzene rings is 1. The number of rotatable bonds is 3. The SMILES string of the molecule is COc1ccc(-c2nnnn2[C@@H]2CC(=O)[C@@H]3OC[C@H]2O3)cc1. The molecule has 8 nitrogen and oxygen atoms in total. The van der Waals surface area contributed by atoms with Crippen molar-refractivity contribution >= 4 is 5.78 Å². The van der Waals surface area contributed by atoms with E-state index in [0.717, 1.165) is 11.3 Å². The molecule has 22 heavy (non-hydrogen) atoms. The monoisotopic (exact) mass is 302 g/mol. The summed E-state index contributed by atoms with van der Waals surface area (Å²) in [6.07, 6.45) is -0.617. The van der Waals surface area contributed by atoms with E-state index in [9.17, 15) is 4.79 Å². The maximum atomic E-state index is 11.9. The summed E-state index contributed by atoms with van der Waals surface area (Å²) in [5.41, 5.74) is 0.847. The summed E-state index contributed by atoms with van der Waals surface area (Å²) >= 11 is 0. The van der Waals surface area contributed by atoms with Crippen LogP contribution in [0.15, 0.2) is 24.3 Å². The van der Waals surface area contributed by atoms with Gasteiger partial charge in [-0.05, 0) is 34.7 Å². The van der Waals surface area contributed by atoms with Gasteiger partial charge in [-0.1, -0.05) is 0 Å². The van der Waals surface area contributed by atoms with Crippen molar-refractivity contribution in [3.8, 4) is 17.1 Å². The van der Waals surface area contributed by atoms with Gasteiger partial charge in [-0.3, -0.25) is 4.79 Å². The molecular formula is C14H14N4O4. The highest BCUT2D eigenvalue weighted by Gasteiger charge is 2.45. The van der Waals surface area contributed by atoms with E-state index in [4.69, 9.17) is 14.2 Å². The lowest BCUT2D eigenvalue weighted by atomic mass is 10.0. The van der Waals surface area contributed by atoms with Crippen LogP contribution in [-0.2, 0) is 14.3 Å². The summed E-state index contributed by atoms with van der Waals surface area (Å²) in [5, 5.41) is 11.9. The van der Waals surface area contributed by atoms with E-state index in [-0.39, 0.29) is 17.9 Å². The maximum Gasteiger partial charge on any atom is 0.218 e. The molecule has 3 atom stereocenters. The van der Waals surface area contributed by atoms with Crippen LogP contribution in [0.1, 0.15) is 12.5 Å². The van der Waals surface area contributed by atoms with Crippen molar-refractivity contribution < 1.29 is 19.0 Å². The number of tetrazole rings is 1. The number of methoxy groups -OCH3 is 1. The fourth-order valence-corrected chi connectivity index (χ4v) is 2.82. The second-order valence-electron chi connectivity index (χ2n) is 5.25. The number of carbonyl (C=O) groups excluding carboxylic acids is 1. The van der Waals surface area contributed by atoms with Gasteiger partial charge in [0.15, 0.2) is 11.6 Å². The summed E-state index contributed by atoms with van der Waals surface area (Å²) in [6.45, 7) is 0.378. The lowest BCUT2D eigenvalue weighted by Gasteiger charge is -2.26. The Balaban J connectivity index is 1.68. The topological polar surface area (TPSA) is 88.4 Å². The van der Waals surface area contributed by atoms with Crippen molar-refractivity contribution in [2.24, 2.45) is 0 Å². The molecule has 1 aromatic heterocycles. The largest absolute Gasteiger partial charge is 0.497 e. The van der Waals surface area contributed by atoms with Crippen LogP contribution >= 0.6 is 0 Å². The quantitative estimate of drug-likeness (QED) is 0.820. The summed E-state index contributed by atoms with van der Waals surface area (Å²) in [7, 11) is 1.61. The standard InChI is InChI=1S/C14H14N4O4/c1-20-9-4-2-8(3-5-9)13-15-16-17-18(13)10-6-11(19)14-21-7-12(10)22-14/h2-5,10,12,14H,6-7H2,1H3/t10-,12-,14-/m1/s1. The number of ketones is 1.